The molecule has 2 heterocycles. The number of aromatic nitrogens is 4. The van der Waals surface area contributed by atoms with Crippen LogP contribution >= 0.6 is 23.2 Å². The Balaban J connectivity index is 2.12. The van der Waals surface area contributed by atoms with Crippen molar-refractivity contribution in [1.82, 2.24) is 19.6 Å². The van der Waals surface area contributed by atoms with E-state index in [0.29, 0.717) is 5.02 Å². The maximum absolute atomic E-state index is 11.0. The van der Waals surface area contributed by atoms with Crippen LogP contribution in [0.3, 0.4) is 0 Å². The third-order valence-electron chi connectivity index (χ3n) is 2.52. The van der Waals surface area contributed by atoms with Crippen LogP contribution in [-0.4, -0.2) is 24.5 Å². The third-order valence-corrected chi connectivity index (χ3v) is 2.95. The fourth-order valence-corrected chi connectivity index (χ4v) is 1.99. The molecule has 3 aromatic rings. The second kappa shape index (κ2) is 5.15. The number of ether oxygens (including phenoxy) is 1. The smallest absolute Gasteiger partial charge is 0.311 e. The van der Waals surface area contributed by atoms with Crippen molar-refractivity contribution in [3.63, 3.8) is 0 Å². The van der Waals surface area contributed by atoms with E-state index in [2.05, 4.69) is 15.1 Å². The molecule has 1 aromatic carbocycles. The quantitative estimate of drug-likeness (QED) is 0.417. The zero-order chi connectivity index (χ0) is 15.0. The van der Waals surface area contributed by atoms with Gasteiger partial charge in [-0.1, -0.05) is 23.2 Å². The topological polar surface area (TPSA) is 95.5 Å². The van der Waals surface area contributed by atoms with Gasteiger partial charge in [0.1, 0.15) is 11.5 Å². The Morgan fingerprint density at radius 2 is 2.10 bits per heavy atom. The molecule has 0 saturated heterocycles. The van der Waals surface area contributed by atoms with E-state index in [9.17, 15) is 10.1 Å². The number of benzene rings is 1. The molecule has 0 atom stereocenters. The van der Waals surface area contributed by atoms with Gasteiger partial charge in [-0.05, 0) is 6.07 Å². The van der Waals surface area contributed by atoms with Crippen molar-refractivity contribution in [2.45, 2.75) is 0 Å². The Morgan fingerprint density at radius 3 is 2.86 bits per heavy atom. The van der Waals surface area contributed by atoms with Gasteiger partial charge in [0, 0.05) is 23.2 Å². The molecule has 0 radical (unpaired) electrons. The van der Waals surface area contributed by atoms with E-state index in [-0.39, 0.29) is 28.2 Å². The normalized spacial score (nSPS) is 10.8. The molecule has 3 rings (SSSR count). The molecule has 8 nitrogen and oxygen atoms in total. The largest absolute Gasteiger partial charge is 0.431 e. The minimum absolute atomic E-state index is 0.0356. The summed E-state index contributed by atoms with van der Waals surface area (Å²) in [6, 6.07) is 5.35. The minimum Gasteiger partial charge on any atom is -0.431 e. The fourth-order valence-electron chi connectivity index (χ4n) is 1.66. The molecule has 0 unspecified atom stereocenters. The van der Waals surface area contributed by atoms with Gasteiger partial charge >= 0.3 is 5.69 Å². The molecule has 10 heteroatoms. The lowest BCUT2D eigenvalue weighted by Crippen LogP contribution is -2.00. The van der Waals surface area contributed by atoms with E-state index in [1.165, 1.54) is 35.1 Å². The number of halogens is 2. The van der Waals surface area contributed by atoms with E-state index in [1.54, 1.807) is 0 Å². The number of hydrogen-bond donors (Lipinski definition) is 0. The van der Waals surface area contributed by atoms with E-state index in [1.807, 2.05) is 0 Å². The number of fused-ring (bicyclic) bond motifs is 1. The lowest BCUT2D eigenvalue weighted by Gasteiger charge is -2.07. The average molecular weight is 326 g/mol. The molecule has 0 saturated carbocycles. The summed E-state index contributed by atoms with van der Waals surface area (Å²) in [7, 11) is 0. The molecule has 0 aliphatic carbocycles. The highest BCUT2D eigenvalue weighted by Gasteiger charge is 2.18. The zero-order valence-corrected chi connectivity index (χ0v) is 11.6. The Hall–Kier alpha value is -2.45. The van der Waals surface area contributed by atoms with Gasteiger partial charge < -0.3 is 4.74 Å². The molecule has 0 bridgehead atoms. The van der Waals surface area contributed by atoms with Crippen molar-refractivity contribution < 1.29 is 9.66 Å². The Labute approximate surface area is 127 Å². The van der Waals surface area contributed by atoms with Crippen molar-refractivity contribution in [3.8, 4) is 11.6 Å². The standard InChI is InChI=1S/C11H5Cl2N5O3/c12-6-1-2-7(18(19)20)8(3-6)21-10-4-9(13)16-11-14-5-15-17(10)11/h1-5H. The molecular formula is C11H5Cl2N5O3. The average Bonchev–Trinajstić information content (AvgIpc) is 2.86. The summed E-state index contributed by atoms with van der Waals surface area (Å²) in [4.78, 5) is 18.2. The number of nitro groups is 1. The SMILES string of the molecule is O=[N+]([O-])c1ccc(Cl)cc1Oc1cc(Cl)nc2ncnn12. The maximum Gasteiger partial charge on any atom is 0.311 e. The number of nitro benzene ring substituents is 1. The summed E-state index contributed by atoms with van der Waals surface area (Å²) in [5, 5.41) is 15.3. The van der Waals surface area contributed by atoms with E-state index < -0.39 is 4.92 Å². The lowest BCUT2D eigenvalue weighted by atomic mass is 10.3. The van der Waals surface area contributed by atoms with Gasteiger partial charge in [-0.15, -0.1) is 0 Å². The van der Waals surface area contributed by atoms with E-state index in [0.717, 1.165) is 0 Å². The first-order valence-electron chi connectivity index (χ1n) is 5.52. The van der Waals surface area contributed by atoms with Crippen LogP contribution in [0.4, 0.5) is 5.69 Å². The van der Waals surface area contributed by atoms with Crippen LogP contribution in [0.25, 0.3) is 5.78 Å². The van der Waals surface area contributed by atoms with Gasteiger partial charge in [0.05, 0.1) is 4.92 Å². The van der Waals surface area contributed by atoms with Crippen molar-refractivity contribution in [3.05, 3.63) is 50.9 Å². The first-order valence-corrected chi connectivity index (χ1v) is 6.28. The molecule has 0 fully saturated rings. The molecule has 0 aliphatic rings. The summed E-state index contributed by atoms with van der Waals surface area (Å²) in [5.74, 6) is 0.307. The first-order chi connectivity index (χ1) is 10.0. The summed E-state index contributed by atoms with van der Waals surface area (Å²) >= 11 is 11.7. The van der Waals surface area contributed by atoms with E-state index >= 15 is 0 Å². The van der Waals surface area contributed by atoms with Gasteiger partial charge in [-0.3, -0.25) is 10.1 Å². The summed E-state index contributed by atoms with van der Waals surface area (Å²) in [6.45, 7) is 0. The molecule has 0 aliphatic heterocycles. The number of nitrogens with zero attached hydrogens (tertiary/aromatic N) is 5. The van der Waals surface area contributed by atoms with E-state index in [4.69, 9.17) is 27.9 Å². The van der Waals surface area contributed by atoms with Gasteiger partial charge in [0.2, 0.25) is 11.6 Å². The summed E-state index contributed by atoms with van der Waals surface area (Å²) in [6.07, 6.45) is 1.26. The Kier molecular flexibility index (Phi) is 3.32. The number of hydrogen-bond acceptors (Lipinski definition) is 6. The highest BCUT2D eigenvalue weighted by atomic mass is 35.5. The molecular weight excluding hydrogens is 321 g/mol. The predicted octanol–water partition coefficient (Wildman–Crippen LogP) is 3.13. The number of rotatable bonds is 3. The Morgan fingerprint density at radius 1 is 1.29 bits per heavy atom. The first kappa shape index (κ1) is 13.5. The predicted molar refractivity (Wildman–Crippen MR) is 74.0 cm³/mol. The molecule has 2 aromatic heterocycles. The van der Waals surface area contributed by atoms with Gasteiger partial charge in [0.15, 0.2) is 0 Å². The van der Waals surface area contributed by atoms with Crippen molar-refractivity contribution in [1.29, 1.82) is 0 Å². The van der Waals surface area contributed by atoms with Crippen molar-refractivity contribution in [2.24, 2.45) is 0 Å². The van der Waals surface area contributed by atoms with Gasteiger partial charge in [-0.25, -0.2) is 0 Å². The lowest BCUT2D eigenvalue weighted by molar-refractivity contribution is -0.385. The van der Waals surface area contributed by atoms with Gasteiger partial charge in [0.25, 0.3) is 5.78 Å². The fraction of sp³-hybridized carbons (Fsp3) is 0. The maximum atomic E-state index is 11.0. The Bertz CT molecular complexity index is 851. The molecule has 0 spiro atoms. The monoisotopic (exact) mass is 325 g/mol. The molecule has 106 valence electrons. The second-order valence-electron chi connectivity index (χ2n) is 3.86. The zero-order valence-electron chi connectivity index (χ0n) is 10.1. The van der Waals surface area contributed by atoms with Gasteiger partial charge in [-0.2, -0.15) is 19.6 Å². The highest BCUT2D eigenvalue weighted by molar-refractivity contribution is 6.30. The van der Waals surface area contributed by atoms with Crippen LogP contribution in [0.15, 0.2) is 30.6 Å². The highest BCUT2D eigenvalue weighted by Crippen LogP contribution is 2.34. The minimum atomic E-state index is -0.576. The van der Waals surface area contributed by atoms with Crippen LogP contribution in [0.1, 0.15) is 0 Å². The molecule has 0 N–H and O–H groups in total. The van der Waals surface area contributed by atoms with Crippen LogP contribution < -0.4 is 4.74 Å². The van der Waals surface area contributed by atoms with Crippen molar-refractivity contribution in [2.75, 3.05) is 0 Å². The summed E-state index contributed by atoms with van der Waals surface area (Å²) < 4.78 is 6.77. The van der Waals surface area contributed by atoms with Crippen LogP contribution in [0.2, 0.25) is 10.2 Å². The summed E-state index contributed by atoms with van der Waals surface area (Å²) in [5.41, 5.74) is -0.236. The van der Waals surface area contributed by atoms with Crippen LogP contribution in [0.5, 0.6) is 11.6 Å². The molecule has 21 heavy (non-hydrogen) atoms. The molecule has 0 amide bonds. The third kappa shape index (κ3) is 2.58. The van der Waals surface area contributed by atoms with Crippen LogP contribution in [0, 0.1) is 10.1 Å². The van der Waals surface area contributed by atoms with Crippen molar-refractivity contribution >= 4 is 34.7 Å². The second-order valence-corrected chi connectivity index (χ2v) is 4.68. The van der Waals surface area contributed by atoms with Crippen LogP contribution in [-0.2, 0) is 0 Å².